The van der Waals surface area contributed by atoms with Gasteiger partial charge in [-0.25, -0.2) is 4.79 Å². The summed E-state index contributed by atoms with van der Waals surface area (Å²) in [6, 6.07) is 15.5. The van der Waals surface area contributed by atoms with Gasteiger partial charge in [0.05, 0.1) is 18.2 Å². The third-order valence-corrected chi connectivity index (χ3v) is 5.48. The molecular weight excluding hydrogens is 378 g/mol. The minimum atomic E-state index is -0.748. The number of rotatable bonds is 4. The van der Waals surface area contributed by atoms with Gasteiger partial charge in [0, 0.05) is 4.88 Å². The fourth-order valence-corrected chi connectivity index (χ4v) is 3.93. The first kappa shape index (κ1) is 17.9. The van der Waals surface area contributed by atoms with Gasteiger partial charge in [0.15, 0.2) is 0 Å². The van der Waals surface area contributed by atoms with Gasteiger partial charge in [-0.15, -0.1) is 11.3 Å². The number of thiophene rings is 1. The molecule has 0 saturated heterocycles. The van der Waals surface area contributed by atoms with Crippen LogP contribution in [0, 0.1) is 6.92 Å². The molecule has 28 heavy (non-hydrogen) atoms. The molecule has 6 nitrogen and oxygen atoms in total. The van der Waals surface area contributed by atoms with Crippen LogP contribution in [0.4, 0.5) is 0 Å². The summed E-state index contributed by atoms with van der Waals surface area (Å²) in [6.07, 6.45) is 0. The quantitative estimate of drug-likeness (QED) is 0.624. The molecule has 2 amide bonds. The number of hydrogen-bond acceptors (Lipinski definition) is 6. The average Bonchev–Trinajstić information content (AvgIpc) is 3.22. The van der Waals surface area contributed by atoms with E-state index in [1.807, 2.05) is 31.2 Å². The van der Waals surface area contributed by atoms with Gasteiger partial charge >= 0.3 is 5.97 Å². The Kier molecular flexibility index (Phi) is 4.44. The van der Waals surface area contributed by atoms with Gasteiger partial charge in [-0.05, 0) is 48.4 Å². The average molecular weight is 393 g/mol. The van der Waals surface area contributed by atoms with Crippen LogP contribution in [0.1, 0.15) is 35.3 Å². The van der Waals surface area contributed by atoms with Crippen LogP contribution in [0.2, 0.25) is 0 Å². The number of amides is 2. The van der Waals surface area contributed by atoms with Crippen LogP contribution < -0.4 is 4.74 Å². The lowest BCUT2D eigenvalue weighted by molar-refractivity contribution is -0.0581. The summed E-state index contributed by atoms with van der Waals surface area (Å²) in [5.41, 5.74) is 2.25. The second-order valence-electron chi connectivity index (χ2n) is 6.14. The maximum atomic E-state index is 12.6. The largest absolute Gasteiger partial charge is 0.497 e. The Morgan fingerprint density at radius 1 is 0.929 bits per heavy atom. The fraction of sp³-hybridized carbons (Fsp3) is 0.0952. The van der Waals surface area contributed by atoms with Crippen LogP contribution in [-0.2, 0) is 4.84 Å². The molecule has 1 aliphatic rings. The lowest BCUT2D eigenvalue weighted by Crippen LogP contribution is -2.32. The number of fused-ring (bicyclic) bond motifs is 1. The van der Waals surface area contributed by atoms with E-state index in [9.17, 15) is 14.4 Å². The van der Waals surface area contributed by atoms with Gasteiger partial charge in [-0.1, -0.05) is 29.3 Å². The number of carbonyl (C=O) groups is 3. The van der Waals surface area contributed by atoms with E-state index in [-0.39, 0.29) is 11.1 Å². The van der Waals surface area contributed by atoms with Crippen molar-refractivity contribution in [1.82, 2.24) is 5.06 Å². The molecule has 140 valence electrons. The summed E-state index contributed by atoms with van der Waals surface area (Å²) < 4.78 is 5.16. The van der Waals surface area contributed by atoms with Crippen molar-refractivity contribution in [2.45, 2.75) is 6.92 Å². The summed E-state index contributed by atoms with van der Waals surface area (Å²) in [4.78, 5) is 43.6. The van der Waals surface area contributed by atoms with Crippen molar-refractivity contribution in [3.05, 3.63) is 75.5 Å². The Balaban J connectivity index is 1.56. The molecule has 0 aliphatic carbocycles. The van der Waals surface area contributed by atoms with Crippen LogP contribution in [0.5, 0.6) is 5.75 Å². The first-order valence-corrected chi connectivity index (χ1v) is 9.26. The molecule has 1 aromatic heterocycles. The Morgan fingerprint density at radius 2 is 1.54 bits per heavy atom. The van der Waals surface area contributed by atoms with E-state index >= 15 is 0 Å². The highest BCUT2D eigenvalue weighted by molar-refractivity contribution is 7.14. The van der Waals surface area contributed by atoms with E-state index < -0.39 is 17.8 Å². The summed E-state index contributed by atoms with van der Waals surface area (Å²) in [5, 5.41) is 0.523. The molecule has 0 atom stereocenters. The molecular formula is C21H15NO5S. The monoisotopic (exact) mass is 393 g/mol. The molecule has 0 radical (unpaired) electrons. The molecule has 0 saturated carbocycles. The summed E-state index contributed by atoms with van der Waals surface area (Å²) in [5.74, 6) is -1.29. The second-order valence-corrected chi connectivity index (χ2v) is 7.39. The number of carbonyl (C=O) groups excluding carboxylic acids is 3. The molecule has 0 spiro atoms. The number of ether oxygens (including phenoxy) is 1. The van der Waals surface area contributed by atoms with E-state index in [1.165, 1.54) is 23.5 Å². The van der Waals surface area contributed by atoms with Crippen LogP contribution >= 0.6 is 11.3 Å². The predicted octanol–water partition coefficient (Wildman–Crippen LogP) is 4.10. The molecule has 0 N–H and O–H groups in total. The molecule has 2 heterocycles. The number of hydroxylamine groups is 2. The zero-order chi connectivity index (χ0) is 19.8. The van der Waals surface area contributed by atoms with E-state index in [2.05, 4.69) is 0 Å². The first-order chi connectivity index (χ1) is 13.5. The molecule has 0 fully saturated rings. The van der Waals surface area contributed by atoms with E-state index in [4.69, 9.17) is 9.57 Å². The zero-order valence-electron chi connectivity index (χ0n) is 15.1. The zero-order valence-corrected chi connectivity index (χ0v) is 15.9. The minimum Gasteiger partial charge on any atom is -0.497 e. The van der Waals surface area contributed by atoms with E-state index in [0.717, 1.165) is 21.8 Å². The van der Waals surface area contributed by atoms with Crippen molar-refractivity contribution in [2.75, 3.05) is 7.11 Å². The molecule has 0 unspecified atom stereocenters. The van der Waals surface area contributed by atoms with Crippen LogP contribution in [0.15, 0.2) is 54.6 Å². The van der Waals surface area contributed by atoms with Crippen LogP contribution in [0.3, 0.4) is 0 Å². The third kappa shape index (κ3) is 2.95. The van der Waals surface area contributed by atoms with Gasteiger partial charge < -0.3 is 9.57 Å². The molecule has 1 aliphatic heterocycles. The highest BCUT2D eigenvalue weighted by Crippen LogP contribution is 2.33. The topological polar surface area (TPSA) is 72.9 Å². The fourth-order valence-electron chi connectivity index (χ4n) is 3.02. The van der Waals surface area contributed by atoms with Gasteiger partial charge in [0.2, 0.25) is 0 Å². The molecule has 4 rings (SSSR count). The molecule has 0 bridgehead atoms. The second kappa shape index (κ2) is 6.94. The Hall–Kier alpha value is -3.45. The van der Waals surface area contributed by atoms with Gasteiger partial charge in [-0.2, -0.15) is 0 Å². The maximum Gasteiger partial charge on any atom is 0.373 e. The Bertz CT molecular complexity index is 1070. The first-order valence-electron chi connectivity index (χ1n) is 8.44. The SMILES string of the molecule is COc1ccc(-c2cc(C(=O)ON3C(=O)c4ccccc4C3=O)sc2C)cc1. The number of nitrogens with zero attached hydrogens (tertiary/aromatic N) is 1. The number of imide groups is 1. The smallest absolute Gasteiger partial charge is 0.373 e. The lowest BCUT2D eigenvalue weighted by Gasteiger charge is -2.11. The molecule has 3 aromatic rings. The summed E-state index contributed by atoms with van der Waals surface area (Å²) in [7, 11) is 1.60. The third-order valence-electron chi connectivity index (χ3n) is 4.45. The van der Waals surface area contributed by atoms with Crippen LogP contribution in [0.25, 0.3) is 11.1 Å². The van der Waals surface area contributed by atoms with Crippen molar-refractivity contribution in [1.29, 1.82) is 0 Å². The number of benzene rings is 2. The Morgan fingerprint density at radius 3 is 2.11 bits per heavy atom. The highest BCUT2D eigenvalue weighted by Gasteiger charge is 2.39. The maximum absolute atomic E-state index is 12.6. The molecule has 7 heteroatoms. The van der Waals surface area contributed by atoms with Crippen molar-refractivity contribution in [3.8, 4) is 16.9 Å². The normalized spacial score (nSPS) is 12.9. The summed E-state index contributed by atoms with van der Waals surface area (Å²) in [6.45, 7) is 1.89. The van der Waals surface area contributed by atoms with Gasteiger partial charge in [0.25, 0.3) is 11.8 Å². The van der Waals surface area contributed by atoms with E-state index in [0.29, 0.717) is 9.94 Å². The van der Waals surface area contributed by atoms with Crippen molar-refractivity contribution < 1.29 is 24.0 Å². The molecule has 2 aromatic carbocycles. The standard InChI is InChI=1S/C21H15NO5S/c1-12-17(13-7-9-14(26-2)10-8-13)11-18(28-12)21(25)27-22-19(23)15-5-3-4-6-16(15)20(22)24/h3-11H,1-2H3. The van der Waals surface area contributed by atoms with Crippen molar-refractivity contribution >= 4 is 29.1 Å². The lowest BCUT2D eigenvalue weighted by atomic mass is 10.1. The van der Waals surface area contributed by atoms with Gasteiger partial charge in [0.1, 0.15) is 10.6 Å². The Labute approximate surface area is 164 Å². The van der Waals surface area contributed by atoms with Crippen molar-refractivity contribution in [3.63, 3.8) is 0 Å². The van der Waals surface area contributed by atoms with Gasteiger partial charge in [-0.3, -0.25) is 9.59 Å². The number of hydrogen-bond donors (Lipinski definition) is 0. The minimum absolute atomic E-state index is 0.224. The van der Waals surface area contributed by atoms with Crippen LogP contribution in [-0.4, -0.2) is 30.0 Å². The predicted molar refractivity (Wildman–Crippen MR) is 103 cm³/mol. The van der Waals surface area contributed by atoms with Crippen molar-refractivity contribution in [2.24, 2.45) is 0 Å². The van der Waals surface area contributed by atoms with E-state index in [1.54, 1.807) is 25.3 Å². The highest BCUT2D eigenvalue weighted by atomic mass is 32.1. The number of methoxy groups -OCH3 is 1. The summed E-state index contributed by atoms with van der Waals surface area (Å²) >= 11 is 1.24. The number of aryl methyl sites for hydroxylation is 1.